The number of amides is 2. The number of halogens is 1. The average Bonchev–Trinajstić information content (AvgIpc) is 3.44. The normalized spacial score (nSPS) is 29.6. The third kappa shape index (κ3) is 2.62. The van der Waals surface area contributed by atoms with E-state index < -0.39 is 23.5 Å². The van der Waals surface area contributed by atoms with Crippen molar-refractivity contribution in [1.82, 2.24) is 14.9 Å². The number of nitrogens with zero attached hydrogens (tertiary/aromatic N) is 3. The molecule has 150 valence electrons. The minimum atomic E-state index is -0.811. The highest BCUT2D eigenvalue weighted by Crippen LogP contribution is 2.53. The molecular formula is C21H21FN4O3. The summed E-state index contributed by atoms with van der Waals surface area (Å²) in [6, 6.07) is 4.36. The van der Waals surface area contributed by atoms with E-state index in [-0.39, 0.29) is 17.6 Å². The number of fused-ring (bicyclic) bond motifs is 1. The Balaban J connectivity index is 1.44. The summed E-state index contributed by atoms with van der Waals surface area (Å²) >= 11 is 0. The van der Waals surface area contributed by atoms with Gasteiger partial charge in [-0.1, -0.05) is 12.2 Å². The van der Waals surface area contributed by atoms with Crippen molar-refractivity contribution in [1.29, 1.82) is 0 Å². The van der Waals surface area contributed by atoms with Crippen molar-refractivity contribution in [3.63, 3.8) is 0 Å². The van der Waals surface area contributed by atoms with Crippen LogP contribution < -0.4 is 4.90 Å². The molecule has 2 saturated heterocycles. The predicted octanol–water partition coefficient (Wildman–Crippen LogP) is 1.80. The first-order chi connectivity index (χ1) is 13.9. The van der Waals surface area contributed by atoms with E-state index >= 15 is 0 Å². The van der Waals surface area contributed by atoms with Crippen molar-refractivity contribution in [3.8, 4) is 0 Å². The maximum atomic E-state index is 13.5. The van der Waals surface area contributed by atoms with Crippen molar-refractivity contribution in [2.45, 2.75) is 25.2 Å². The van der Waals surface area contributed by atoms with Crippen molar-refractivity contribution in [3.05, 3.63) is 59.9 Å². The number of carbonyl (C=O) groups excluding carboxylic acids is 2. The van der Waals surface area contributed by atoms with Crippen LogP contribution in [0.2, 0.25) is 0 Å². The Hall–Kier alpha value is -3.00. The second kappa shape index (κ2) is 6.25. The average molecular weight is 396 g/mol. The molecule has 29 heavy (non-hydrogen) atoms. The largest absolute Gasteiger partial charge is 0.360 e. The van der Waals surface area contributed by atoms with Crippen LogP contribution in [0.15, 0.2) is 42.7 Å². The number of anilines is 1. The van der Waals surface area contributed by atoms with Crippen LogP contribution in [-0.2, 0) is 20.9 Å². The number of nitrogens with one attached hydrogen (secondary N) is 1. The Labute approximate surface area is 167 Å². The van der Waals surface area contributed by atoms with Crippen molar-refractivity contribution in [2.24, 2.45) is 11.8 Å². The summed E-state index contributed by atoms with van der Waals surface area (Å²) in [6.45, 7) is 2.42. The van der Waals surface area contributed by atoms with Crippen LogP contribution >= 0.6 is 0 Å². The summed E-state index contributed by atoms with van der Waals surface area (Å²) in [6.07, 6.45) is 6.72. The quantitative estimate of drug-likeness (QED) is 0.800. The van der Waals surface area contributed by atoms with Gasteiger partial charge in [0.1, 0.15) is 17.2 Å². The highest BCUT2D eigenvalue weighted by Gasteiger charge is 2.67. The molecule has 1 spiro atoms. The zero-order chi connectivity index (χ0) is 20.3. The van der Waals surface area contributed by atoms with E-state index in [1.54, 1.807) is 42.2 Å². The Morgan fingerprint density at radius 3 is 3.03 bits per heavy atom. The van der Waals surface area contributed by atoms with Crippen LogP contribution in [0.1, 0.15) is 11.4 Å². The van der Waals surface area contributed by atoms with Crippen LogP contribution in [0, 0.1) is 24.6 Å². The number of aromatic amines is 1. The molecule has 3 aliphatic heterocycles. The van der Waals surface area contributed by atoms with Crippen molar-refractivity contribution < 1.29 is 18.7 Å². The lowest BCUT2D eigenvalue weighted by Crippen LogP contribution is -2.44. The summed E-state index contributed by atoms with van der Waals surface area (Å²) in [7, 11) is 1.70. The van der Waals surface area contributed by atoms with Gasteiger partial charge in [-0.3, -0.25) is 9.59 Å². The first kappa shape index (κ1) is 18.1. The molecule has 1 aromatic heterocycles. The number of rotatable bonds is 4. The van der Waals surface area contributed by atoms with Crippen LogP contribution in [0.3, 0.4) is 0 Å². The van der Waals surface area contributed by atoms with E-state index in [9.17, 15) is 14.0 Å². The third-order valence-corrected chi connectivity index (χ3v) is 6.15. The number of imidazole rings is 1. The molecule has 5 rings (SSSR count). The topological polar surface area (TPSA) is 78.5 Å². The van der Waals surface area contributed by atoms with Gasteiger partial charge < -0.3 is 19.5 Å². The fourth-order valence-electron chi connectivity index (χ4n) is 4.85. The number of hydrogen-bond donors (Lipinski definition) is 1. The molecule has 1 N–H and O–H groups in total. The number of aromatic nitrogens is 2. The SMILES string of the molecule is Cc1cc(F)ccc1N1C[C@]23C=C[C@H](O2)C(C(=O)N(C)Cc2ncc[nH]2)C3C1=O. The molecule has 0 radical (unpaired) electrons. The lowest BCUT2D eigenvalue weighted by molar-refractivity contribution is -0.139. The second-order valence-electron chi connectivity index (χ2n) is 7.99. The van der Waals surface area contributed by atoms with Gasteiger partial charge in [0, 0.05) is 25.1 Å². The Bertz CT molecular complexity index is 1020. The number of aryl methyl sites for hydroxylation is 1. The van der Waals surface area contributed by atoms with E-state index in [2.05, 4.69) is 9.97 Å². The first-order valence-electron chi connectivity index (χ1n) is 9.57. The lowest BCUT2D eigenvalue weighted by Gasteiger charge is -2.27. The minimum absolute atomic E-state index is 0.145. The molecular weight excluding hydrogens is 375 g/mol. The maximum absolute atomic E-state index is 13.5. The lowest BCUT2D eigenvalue weighted by atomic mass is 9.76. The Morgan fingerprint density at radius 2 is 2.31 bits per heavy atom. The molecule has 4 atom stereocenters. The second-order valence-corrected chi connectivity index (χ2v) is 7.99. The number of ether oxygens (including phenoxy) is 1. The summed E-state index contributed by atoms with van der Waals surface area (Å²) in [5.74, 6) is -1.14. The Morgan fingerprint density at radius 1 is 1.48 bits per heavy atom. The van der Waals surface area contributed by atoms with E-state index in [1.165, 1.54) is 12.1 Å². The Kier molecular flexibility index (Phi) is 3.89. The van der Waals surface area contributed by atoms with Crippen LogP contribution in [0.4, 0.5) is 10.1 Å². The first-order valence-corrected chi connectivity index (χ1v) is 9.57. The third-order valence-electron chi connectivity index (χ3n) is 6.15. The summed E-state index contributed by atoms with van der Waals surface area (Å²) < 4.78 is 19.7. The molecule has 2 unspecified atom stereocenters. The zero-order valence-corrected chi connectivity index (χ0v) is 16.1. The zero-order valence-electron chi connectivity index (χ0n) is 16.1. The molecule has 2 aromatic rings. The standard InChI is InChI=1S/C21H21FN4O3/c1-12-9-13(22)3-4-14(12)26-11-21-6-5-15(29-21)17(18(21)20(26)28)19(27)25(2)10-16-23-7-8-24-16/h3-9,15,17-18H,10-11H2,1-2H3,(H,23,24)/t15-,17?,18?,21-/m0/s1. The molecule has 7 nitrogen and oxygen atoms in total. The minimum Gasteiger partial charge on any atom is -0.360 e. The van der Waals surface area contributed by atoms with E-state index in [0.717, 1.165) is 0 Å². The number of benzene rings is 1. The molecule has 4 heterocycles. The monoisotopic (exact) mass is 396 g/mol. The van der Waals surface area contributed by atoms with Gasteiger partial charge in [0.05, 0.1) is 31.0 Å². The molecule has 0 aliphatic carbocycles. The highest BCUT2D eigenvalue weighted by atomic mass is 19.1. The molecule has 3 aliphatic rings. The fraction of sp³-hybridized carbons (Fsp3) is 0.381. The molecule has 2 amide bonds. The van der Waals surface area contributed by atoms with Crippen molar-refractivity contribution in [2.75, 3.05) is 18.5 Å². The number of carbonyl (C=O) groups is 2. The molecule has 8 heteroatoms. The summed E-state index contributed by atoms with van der Waals surface area (Å²) in [4.78, 5) is 37.0. The van der Waals surface area contributed by atoms with Gasteiger partial charge in [0.15, 0.2) is 0 Å². The fourth-order valence-corrected chi connectivity index (χ4v) is 4.85. The molecule has 2 fully saturated rings. The maximum Gasteiger partial charge on any atom is 0.234 e. The van der Waals surface area contributed by atoms with Gasteiger partial charge in [-0.2, -0.15) is 0 Å². The van der Waals surface area contributed by atoms with Gasteiger partial charge in [-0.05, 0) is 30.7 Å². The van der Waals surface area contributed by atoms with Gasteiger partial charge in [0.2, 0.25) is 11.8 Å². The van der Waals surface area contributed by atoms with Gasteiger partial charge in [-0.25, -0.2) is 9.37 Å². The van der Waals surface area contributed by atoms with E-state index in [0.29, 0.717) is 30.2 Å². The number of hydrogen-bond acceptors (Lipinski definition) is 4. The van der Waals surface area contributed by atoms with Gasteiger partial charge in [0.25, 0.3) is 0 Å². The molecule has 0 saturated carbocycles. The highest BCUT2D eigenvalue weighted by molar-refractivity contribution is 6.03. The van der Waals surface area contributed by atoms with Gasteiger partial charge >= 0.3 is 0 Å². The predicted molar refractivity (Wildman–Crippen MR) is 102 cm³/mol. The van der Waals surface area contributed by atoms with E-state index in [1.807, 2.05) is 12.2 Å². The summed E-state index contributed by atoms with van der Waals surface area (Å²) in [5.41, 5.74) is 0.510. The molecule has 2 bridgehead atoms. The smallest absolute Gasteiger partial charge is 0.234 e. The van der Waals surface area contributed by atoms with Crippen LogP contribution in [0.5, 0.6) is 0 Å². The van der Waals surface area contributed by atoms with Crippen LogP contribution in [0.25, 0.3) is 0 Å². The molecule has 1 aromatic carbocycles. The summed E-state index contributed by atoms with van der Waals surface area (Å²) in [5, 5.41) is 0. The van der Waals surface area contributed by atoms with Crippen LogP contribution in [-0.4, -0.2) is 52.0 Å². The van der Waals surface area contributed by atoms with Crippen molar-refractivity contribution >= 4 is 17.5 Å². The number of H-pyrrole nitrogens is 1. The van der Waals surface area contributed by atoms with E-state index in [4.69, 9.17) is 4.74 Å². The van der Waals surface area contributed by atoms with Gasteiger partial charge in [-0.15, -0.1) is 0 Å².